The molecule has 0 aliphatic rings. The fraction of sp³-hybridized carbons (Fsp3) is 0.182. The van der Waals surface area contributed by atoms with Gasteiger partial charge in [-0.2, -0.15) is 11.3 Å². The largest absolute Gasteiger partial charge is 0.480 e. The van der Waals surface area contributed by atoms with Crippen molar-refractivity contribution in [1.29, 1.82) is 0 Å². The molecular weight excluding hydrogens is 272 g/mol. The van der Waals surface area contributed by atoms with Gasteiger partial charge in [-0.25, -0.2) is 4.98 Å². The Balaban J connectivity index is 2.19. The molecule has 0 saturated carbocycles. The number of aromatic nitrogens is 1. The third-order valence-corrected chi connectivity index (χ3v) is 4.06. The van der Waals surface area contributed by atoms with Crippen LogP contribution in [0.1, 0.15) is 15.4 Å². The first-order valence-electron chi connectivity index (χ1n) is 5.08. The lowest BCUT2D eigenvalue weighted by atomic mass is 10.3. The Morgan fingerprint density at radius 1 is 1.50 bits per heavy atom. The third kappa shape index (κ3) is 2.74. The van der Waals surface area contributed by atoms with Crippen LogP contribution >= 0.6 is 22.7 Å². The van der Waals surface area contributed by atoms with E-state index in [0.29, 0.717) is 10.6 Å². The number of carboxylic acid groups (broad SMARTS) is 1. The highest BCUT2D eigenvalue weighted by atomic mass is 32.1. The van der Waals surface area contributed by atoms with E-state index in [4.69, 9.17) is 5.11 Å². The van der Waals surface area contributed by atoms with E-state index >= 15 is 0 Å². The van der Waals surface area contributed by atoms with E-state index in [2.05, 4.69) is 10.3 Å². The van der Waals surface area contributed by atoms with Gasteiger partial charge in [-0.05, 0) is 18.4 Å². The number of nitrogens with one attached hydrogen (secondary N) is 1. The number of hydrogen-bond donors (Lipinski definition) is 2. The summed E-state index contributed by atoms with van der Waals surface area (Å²) in [6.07, 6.45) is 0. The number of carbonyl (C=O) groups is 2. The lowest BCUT2D eigenvalue weighted by molar-refractivity contribution is -0.135. The second-order valence-electron chi connectivity index (χ2n) is 3.52. The predicted octanol–water partition coefficient (Wildman–Crippen LogP) is 1.99. The summed E-state index contributed by atoms with van der Waals surface area (Å²) in [4.78, 5) is 26.9. The van der Waals surface area contributed by atoms with Crippen LogP contribution in [0, 0.1) is 6.92 Å². The molecule has 0 bridgehead atoms. The van der Waals surface area contributed by atoms with Gasteiger partial charge in [0.2, 0.25) is 0 Å². The van der Waals surface area contributed by atoms with E-state index in [-0.39, 0.29) is 6.54 Å². The van der Waals surface area contributed by atoms with E-state index in [0.717, 1.165) is 10.6 Å². The normalized spacial score (nSPS) is 10.3. The van der Waals surface area contributed by atoms with Crippen LogP contribution in [0.3, 0.4) is 0 Å². The smallest absolute Gasteiger partial charge is 0.322 e. The van der Waals surface area contributed by atoms with E-state index in [1.807, 2.05) is 16.8 Å². The fourth-order valence-electron chi connectivity index (χ4n) is 1.35. The molecule has 7 heteroatoms. The molecule has 0 aliphatic carbocycles. The van der Waals surface area contributed by atoms with Crippen molar-refractivity contribution in [2.24, 2.45) is 0 Å². The van der Waals surface area contributed by atoms with Crippen molar-refractivity contribution in [2.75, 3.05) is 6.54 Å². The van der Waals surface area contributed by atoms with Gasteiger partial charge in [0.05, 0.1) is 5.69 Å². The van der Waals surface area contributed by atoms with Gasteiger partial charge in [0, 0.05) is 10.9 Å². The molecule has 2 N–H and O–H groups in total. The van der Waals surface area contributed by atoms with Gasteiger partial charge in [0.25, 0.3) is 5.91 Å². The van der Waals surface area contributed by atoms with E-state index in [1.165, 1.54) is 11.3 Å². The number of carboxylic acids is 1. The molecule has 5 nitrogen and oxygen atoms in total. The van der Waals surface area contributed by atoms with Crippen LogP contribution in [0.15, 0.2) is 16.8 Å². The number of rotatable bonds is 4. The summed E-state index contributed by atoms with van der Waals surface area (Å²) < 4.78 is 0. The summed E-state index contributed by atoms with van der Waals surface area (Å²) in [5.41, 5.74) is 1.59. The first kappa shape index (κ1) is 12.7. The second kappa shape index (κ2) is 5.28. The molecular formula is C11H10N2O3S2. The number of aryl methyl sites for hydroxylation is 1. The molecule has 2 aromatic heterocycles. The summed E-state index contributed by atoms with van der Waals surface area (Å²) in [6.45, 7) is 1.35. The number of thiazole rings is 1. The standard InChI is InChI=1S/C11H10N2O3S2/c1-6-9(10(16)12-4-8(14)15)18-11(13-6)7-2-3-17-5-7/h2-3,5H,4H2,1H3,(H,12,16)(H,14,15). The lowest BCUT2D eigenvalue weighted by Crippen LogP contribution is -2.29. The summed E-state index contributed by atoms with van der Waals surface area (Å²) in [5.74, 6) is -1.46. The lowest BCUT2D eigenvalue weighted by Gasteiger charge is -1.99. The average molecular weight is 282 g/mol. The number of carbonyl (C=O) groups excluding carboxylic acids is 1. The summed E-state index contributed by atoms with van der Waals surface area (Å²) in [5, 5.41) is 15.5. The van der Waals surface area contributed by atoms with Crippen LogP contribution in [-0.4, -0.2) is 28.5 Å². The van der Waals surface area contributed by atoms with Crippen LogP contribution in [0.2, 0.25) is 0 Å². The van der Waals surface area contributed by atoms with E-state index in [1.54, 1.807) is 18.3 Å². The van der Waals surface area contributed by atoms with Gasteiger partial charge in [-0.1, -0.05) is 0 Å². The maximum Gasteiger partial charge on any atom is 0.322 e. The number of hydrogen-bond acceptors (Lipinski definition) is 5. The molecule has 0 aromatic carbocycles. The molecule has 18 heavy (non-hydrogen) atoms. The minimum Gasteiger partial charge on any atom is -0.480 e. The zero-order chi connectivity index (χ0) is 13.1. The number of thiophene rings is 1. The molecule has 0 aliphatic heterocycles. The van der Waals surface area contributed by atoms with Gasteiger partial charge in [0.15, 0.2) is 0 Å². The Hall–Kier alpha value is -1.73. The summed E-state index contributed by atoms with van der Waals surface area (Å²) in [7, 11) is 0. The Bertz CT molecular complexity index is 575. The molecule has 2 heterocycles. The number of aliphatic carboxylic acids is 1. The molecule has 0 spiro atoms. The van der Waals surface area contributed by atoms with Crippen molar-refractivity contribution in [3.05, 3.63) is 27.4 Å². The van der Waals surface area contributed by atoms with Crippen LogP contribution in [0.25, 0.3) is 10.6 Å². The highest BCUT2D eigenvalue weighted by molar-refractivity contribution is 7.17. The Morgan fingerprint density at radius 3 is 2.89 bits per heavy atom. The molecule has 2 rings (SSSR count). The van der Waals surface area contributed by atoms with Gasteiger partial charge in [-0.15, -0.1) is 11.3 Å². The third-order valence-electron chi connectivity index (χ3n) is 2.17. The zero-order valence-corrected chi connectivity index (χ0v) is 11.1. The molecule has 0 fully saturated rings. The Kier molecular flexibility index (Phi) is 3.73. The molecule has 2 aromatic rings. The number of amides is 1. The highest BCUT2D eigenvalue weighted by Gasteiger charge is 2.16. The average Bonchev–Trinajstić information content (AvgIpc) is 2.94. The van der Waals surface area contributed by atoms with Crippen molar-refractivity contribution in [2.45, 2.75) is 6.92 Å². The fourth-order valence-corrected chi connectivity index (χ4v) is 3.05. The predicted molar refractivity (Wildman–Crippen MR) is 70.1 cm³/mol. The van der Waals surface area contributed by atoms with E-state index < -0.39 is 11.9 Å². The van der Waals surface area contributed by atoms with Crippen LogP contribution in [0.4, 0.5) is 0 Å². The van der Waals surface area contributed by atoms with Crippen molar-refractivity contribution in [1.82, 2.24) is 10.3 Å². The van der Waals surface area contributed by atoms with Crippen LogP contribution in [0.5, 0.6) is 0 Å². The molecule has 0 radical (unpaired) electrons. The molecule has 0 saturated heterocycles. The molecule has 94 valence electrons. The van der Waals surface area contributed by atoms with Crippen LogP contribution < -0.4 is 5.32 Å². The molecule has 0 atom stereocenters. The summed E-state index contributed by atoms with van der Waals surface area (Å²) >= 11 is 2.83. The maximum atomic E-state index is 11.8. The first-order chi connectivity index (χ1) is 8.58. The first-order valence-corrected chi connectivity index (χ1v) is 6.84. The Labute approximate surface area is 111 Å². The van der Waals surface area contributed by atoms with Crippen molar-refractivity contribution in [3.8, 4) is 10.6 Å². The van der Waals surface area contributed by atoms with Gasteiger partial charge in [-0.3, -0.25) is 9.59 Å². The van der Waals surface area contributed by atoms with Gasteiger partial charge in [0.1, 0.15) is 16.4 Å². The summed E-state index contributed by atoms with van der Waals surface area (Å²) in [6, 6.07) is 1.93. The molecule has 0 unspecified atom stereocenters. The Morgan fingerprint density at radius 2 is 2.28 bits per heavy atom. The number of nitrogens with zero attached hydrogens (tertiary/aromatic N) is 1. The maximum absolute atomic E-state index is 11.8. The van der Waals surface area contributed by atoms with Gasteiger partial charge >= 0.3 is 5.97 Å². The molecule has 1 amide bonds. The van der Waals surface area contributed by atoms with Crippen molar-refractivity contribution in [3.63, 3.8) is 0 Å². The highest BCUT2D eigenvalue weighted by Crippen LogP contribution is 2.29. The SMILES string of the molecule is Cc1nc(-c2ccsc2)sc1C(=O)NCC(=O)O. The zero-order valence-electron chi connectivity index (χ0n) is 9.47. The monoisotopic (exact) mass is 282 g/mol. The van der Waals surface area contributed by atoms with Crippen molar-refractivity contribution >= 4 is 34.6 Å². The second-order valence-corrected chi connectivity index (χ2v) is 5.30. The van der Waals surface area contributed by atoms with E-state index in [9.17, 15) is 9.59 Å². The minimum atomic E-state index is -1.07. The quantitative estimate of drug-likeness (QED) is 0.899. The topological polar surface area (TPSA) is 79.3 Å². The minimum absolute atomic E-state index is 0.385. The van der Waals surface area contributed by atoms with Crippen molar-refractivity contribution < 1.29 is 14.7 Å². The van der Waals surface area contributed by atoms with Crippen LogP contribution in [-0.2, 0) is 4.79 Å². The van der Waals surface area contributed by atoms with Gasteiger partial charge < -0.3 is 10.4 Å².